The summed E-state index contributed by atoms with van der Waals surface area (Å²) in [6.07, 6.45) is 1.51. The van der Waals surface area contributed by atoms with Gasteiger partial charge in [-0.25, -0.2) is 4.39 Å². The van der Waals surface area contributed by atoms with Gasteiger partial charge < -0.3 is 10.4 Å². The lowest BCUT2D eigenvalue weighted by Crippen LogP contribution is -2.40. The average Bonchev–Trinajstić information content (AvgIpc) is 2.26. The Morgan fingerprint density at radius 2 is 2.18 bits per heavy atom. The highest BCUT2D eigenvalue weighted by Crippen LogP contribution is 2.08. The van der Waals surface area contributed by atoms with Crippen LogP contribution in [0.2, 0.25) is 0 Å². The van der Waals surface area contributed by atoms with Gasteiger partial charge in [0.15, 0.2) is 0 Å². The molecule has 0 radical (unpaired) electrons. The Bertz CT molecular complexity index is 381. The third-order valence-corrected chi connectivity index (χ3v) is 2.66. The highest BCUT2D eigenvalue weighted by atomic mass is 19.1. The molecule has 2 N–H and O–H groups in total. The number of hydrogen-bond acceptors (Lipinski definition) is 2. The first-order valence-corrected chi connectivity index (χ1v) is 5.72. The third kappa shape index (κ3) is 4.95. The number of halogens is 1. The fraction of sp³-hybridized carbons (Fsp3) is 0.462. The van der Waals surface area contributed by atoms with Gasteiger partial charge in [-0.2, -0.15) is 0 Å². The minimum atomic E-state index is -0.859. The summed E-state index contributed by atoms with van der Waals surface area (Å²) < 4.78 is 12.9. The average molecular weight is 239 g/mol. The van der Waals surface area contributed by atoms with Gasteiger partial charge in [0.05, 0.1) is 0 Å². The minimum Gasteiger partial charge on any atom is -0.480 e. The number of aliphatic carboxylic acids is 1. The fourth-order valence-corrected chi connectivity index (χ4v) is 1.66. The van der Waals surface area contributed by atoms with Crippen molar-refractivity contribution in [3.05, 3.63) is 35.6 Å². The molecule has 94 valence electrons. The summed E-state index contributed by atoms with van der Waals surface area (Å²) in [5, 5.41) is 11.7. The van der Waals surface area contributed by atoms with Crippen molar-refractivity contribution >= 4 is 5.97 Å². The van der Waals surface area contributed by atoms with Crippen molar-refractivity contribution in [1.82, 2.24) is 5.32 Å². The predicted octanol–water partition coefficient (Wildman–Crippen LogP) is 2.21. The molecule has 0 heterocycles. The zero-order valence-electron chi connectivity index (χ0n) is 10.1. The van der Waals surface area contributed by atoms with Crippen molar-refractivity contribution in [3.63, 3.8) is 0 Å². The molecule has 4 heteroatoms. The largest absolute Gasteiger partial charge is 0.480 e. The Hall–Kier alpha value is -1.42. The quantitative estimate of drug-likeness (QED) is 0.800. The molecule has 0 aliphatic rings. The summed E-state index contributed by atoms with van der Waals surface area (Å²) >= 11 is 0. The monoisotopic (exact) mass is 239 g/mol. The lowest BCUT2D eigenvalue weighted by molar-refractivity contribution is -0.139. The van der Waals surface area contributed by atoms with E-state index >= 15 is 0 Å². The molecule has 1 rings (SSSR count). The van der Waals surface area contributed by atoms with Crippen LogP contribution < -0.4 is 5.32 Å². The smallest absolute Gasteiger partial charge is 0.320 e. The minimum absolute atomic E-state index is 0.0874. The number of benzene rings is 1. The predicted molar refractivity (Wildman–Crippen MR) is 64.4 cm³/mol. The second-order valence-corrected chi connectivity index (χ2v) is 4.30. The van der Waals surface area contributed by atoms with Crippen LogP contribution in [-0.2, 0) is 11.2 Å². The maximum absolute atomic E-state index is 12.9. The van der Waals surface area contributed by atoms with E-state index < -0.39 is 12.0 Å². The van der Waals surface area contributed by atoms with Crippen LogP contribution in [0.3, 0.4) is 0 Å². The van der Waals surface area contributed by atoms with Gasteiger partial charge in [-0.15, -0.1) is 0 Å². The Labute approximate surface area is 101 Å². The molecular formula is C13H18FNO2. The van der Waals surface area contributed by atoms with E-state index in [0.29, 0.717) is 0 Å². The number of hydrogen-bond donors (Lipinski definition) is 2. The van der Waals surface area contributed by atoms with Gasteiger partial charge in [-0.3, -0.25) is 4.79 Å². The molecule has 3 nitrogen and oxygen atoms in total. The summed E-state index contributed by atoms with van der Waals surface area (Å²) in [6.45, 7) is 3.54. The van der Waals surface area contributed by atoms with Crippen LogP contribution in [0.4, 0.5) is 4.39 Å². The second-order valence-electron chi connectivity index (χ2n) is 4.30. The van der Waals surface area contributed by atoms with Crippen molar-refractivity contribution < 1.29 is 14.3 Å². The van der Waals surface area contributed by atoms with Crippen LogP contribution in [0.5, 0.6) is 0 Å². The summed E-state index contributed by atoms with van der Waals surface area (Å²) in [4.78, 5) is 10.6. The summed E-state index contributed by atoms with van der Waals surface area (Å²) in [5.74, 6) is -1.09. The van der Waals surface area contributed by atoms with Gasteiger partial charge in [-0.05, 0) is 44.4 Å². The maximum Gasteiger partial charge on any atom is 0.320 e. The summed E-state index contributed by atoms with van der Waals surface area (Å²) in [5.41, 5.74) is 0.932. The molecule has 2 atom stereocenters. The van der Waals surface area contributed by atoms with E-state index in [4.69, 9.17) is 5.11 Å². The van der Waals surface area contributed by atoms with Crippen LogP contribution in [0.15, 0.2) is 24.3 Å². The van der Waals surface area contributed by atoms with Crippen LogP contribution in [0.25, 0.3) is 0 Å². The first-order valence-electron chi connectivity index (χ1n) is 5.72. The molecule has 0 saturated carbocycles. The lowest BCUT2D eigenvalue weighted by Gasteiger charge is -2.16. The highest BCUT2D eigenvalue weighted by Gasteiger charge is 2.13. The topological polar surface area (TPSA) is 49.3 Å². The molecule has 0 spiro atoms. The number of nitrogens with one attached hydrogen (secondary N) is 1. The fourth-order valence-electron chi connectivity index (χ4n) is 1.66. The zero-order valence-corrected chi connectivity index (χ0v) is 10.1. The number of aryl methyl sites for hydroxylation is 1. The van der Waals surface area contributed by atoms with E-state index in [2.05, 4.69) is 5.32 Å². The van der Waals surface area contributed by atoms with E-state index in [0.717, 1.165) is 18.4 Å². The molecule has 0 aromatic heterocycles. The summed E-state index contributed by atoms with van der Waals surface area (Å²) in [7, 11) is 0. The van der Waals surface area contributed by atoms with E-state index in [1.165, 1.54) is 12.1 Å². The van der Waals surface area contributed by atoms with Gasteiger partial charge in [0.1, 0.15) is 11.9 Å². The van der Waals surface area contributed by atoms with Crippen molar-refractivity contribution in [3.8, 4) is 0 Å². The lowest BCUT2D eigenvalue weighted by atomic mass is 10.1. The van der Waals surface area contributed by atoms with Crippen molar-refractivity contribution in [1.29, 1.82) is 0 Å². The first-order chi connectivity index (χ1) is 7.99. The van der Waals surface area contributed by atoms with Crippen molar-refractivity contribution in [2.24, 2.45) is 0 Å². The second kappa shape index (κ2) is 6.35. The van der Waals surface area contributed by atoms with Gasteiger partial charge in [0.25, 0.3) is 0 Å². The van der Waals surface area contributed by atoms with Gasteiger partial charge in [0, 0.05) is 6.04 Å². The van der Waals surface area contributed by atoms with E-state index in [9.17, 15) is 9.18 Å². The van der Waals surface area contributed by atoms with Crippen LogP contribution in [0, 0.1) is 5.82 Å². The molecule has 0 saturated heterocycles. The molecule has 0 fully saturated rings. The number of carbonyl (C=O) groups is 1. The van der Waals surface area contributed by atoms with E-state index in [-0.39, 0.29) is 11.9 Å². The van der Waals surface area contributed by atoms with Crippen LogP contribution in [0.1, 0.15) is 25.8 Å². The Balaban J connectivity index is 2.38. The summed E-state index contributed by atoms with van der Waals surface area (Å²) in [6, 6.07) is 6.01. The Kier molecular flexibility index (Phi) is 5.10. The molecule has 0 bridgehead atoms. The maximum atomic E-state index is 12.9. The van der Waals surface area contributed by atoms with Crippen LogP contribution >= 0.6 is 0 Å². The number of carboxylic acid groups (broad SMARTS) is 1. The van der Waals surface area contributed by atoms with Crippen molar-refractivity contribution in [2.75, 3.05) is 0 Å². The third-order valence-electron chi connectivity index (χ3n) is 2.66. The number of carboxylic acids is 1. The molecule has 0 aliphatic heterocycles. The van der Waals surface area contributed by atoms with Crippen molar-refractivity contribution in [2.45, 2.75) is 38.8 Å². The van der Waals surface area contributed by atoms with Crippen LogP contribution in [-0.4, -0.2) is 23.2 Å². The normalized spacial score (nSPS) is 14.3. The van der Waals surface area contributed by atoms with Gasteiger partial charge in [0.2, 0.25) is 0 Å². The molecule has 1 aromatic carbocycles. The molecule has 1 aromatic rings. The molecule has 2 unspecified atom stereocenters. The first kappa shape index (κ1) is 13.6. The SMILES string of the molecule is CC(CCc1cccc(F)c1)NC(C)C(=O)O. The Morgan fingerprint density at radius 3 is 2.76 bits per heavy atom. The Morgan fingerprint density at radius 1 is 1.47 bits per heavy atom. The van der Waals surface area contributed by atoms with E-state index in [1.807, 2.05) is 13.0 Å². The van der Waals surface area contributed by atoms with Gasteiger partial charge >= 0.3 is 5.97 Å². The molecule has 0 amide bonds. The van der Waals surface area contributed by atoms with E-state index in [1.54, 1.807) is 13.0 Å². The standard InChI is InChI=1S/C13H18FNO2/c1-9(15-10(2)13(16)17)6-7-11-4-3-5-12(14)8-11/h3-5,8-10,15H,6-7H2,1-2H3,(H,16,17). The van der Waals surface area contributed by atoms with Gasteiger partial charge in [-0.1, -0.05) is 12.1 Å². The molecular weight excluding hydrogens is 221 g/mol. The number of rotatable bonds is 6. The molecule has 17 heavy (non-hydrogen) atoms. The molecule has 0 aliphatic carbocycles. The zero-order chi connectivity index (χ0) is 12.8. The highest BCUT2D eigenvalue weighted by molar-refractivity contribution is 5.72.